The number of ether oxygens (including phenoxy) is 2. The van der Waals surface area contributed by atoms with Crippen LogP contribution in [0.4, 0.5) is 24.5 Å². The molecule has 0 N–H and O–H groups in total. The number of carbonyl (C=O) groups excluding carboxylic acids is 1. The number of anilines is 1. The van der Waals surface area contributed by atoms with Gasteiger partial charge in [0.15, 0.2) is 10.5 Å². The lowest BCUT2D eigenvalue weighted by Crippen LogP contribution is -2.41. The standard InChI is InChI=1S/C27H22ClF3N4O6S/c1-2-41-25(37)21-22(15-3-5-17(28)6-4-15)34-24(36)20(42-26(34)32-23(21)27(29,30)31)14-16-13-18(35(38)39)7-8-19(16)33-9-11-40-12-10-33/h3-8,13-14,22H,2,9-12H2,1H3/b20-14-/t22-/m1/s1. The largest absolute Gasteiger partial charge is 0.463 e. The molecule has 0 amide bonds. The summed E-state index contributed by atoms with van der Waals surface area (Å²) in [5.41, 5.74) is -2.19. The van der Waals surface area contributed by atoms with E-state index in [9.17, 15) is 32.9 Å². The second kappa shape index (κ2) is 11.7. The lowest BCUT2D eigenvalue weighted by atomic mass is 9.95. The Bertz CT molecular complexity index is 1760. The number of nitrogens with zero attached hydrogens (tertiary/aromatic N) is 4. The Morgan fingerprint density at radius 1 is 1.24 bits per heavy atom. The predicted octanol–water partition coefficient (Wildman–Crippen LogP) is 3.74. The van der Waals surface area contributed by atoms with Crippen LogP contribution in [0.5, 0.6) is 0 Å². The van der Waals surface area contributed by atoms with Crippen molar-refractivity contribution in [3.8, 4) is 0 Å². The van der Waals surface area contributed by atoms with E-state index in [1.54, 1.807) is 6.07 Å². The molecule has 42 heavy (non-hydrogen) atoms. The number of rotatable bonds is 6. The van der Waals surface area contributed by atoms with Gasteiger partial charge in [-0.2, -0.15) is 13.2 Å². The Labute approximate surface area is 244 Å². The van der Waals surface area contributed by atoms with E-state index in [0.29, 0.717) is 53.9 Å². The summed E-state index contributed by atoms with van der Waals surface area (Å²) in [6.45, 7) is 3.08. The highest BCUT2D eigenvalue weighted by molar-refractivity contribution is 7.07. The van der Waals surface area contributed by atoms with Gasteiger partial charge in [-0.25, -0.2) is 9.79 Å². The average Bonchev–Trinajstić information content (AvgIpc) is 3.27. The summed E-state index contributed by atoms with van der Waals surface area (Å²) < 4.78 is 54.3. The van der Waals surface area contributed by atoms with Crippen molar-refractivity contribution in [2.24, 2.45) is 4.99 Å². The number of carbonyl (C=O) groups is 1. The topological polar surface area (TPSA) is 116 Å². The number of nitro benzene ring substituents is 1. The van der Waals surface area contributed by atoms with Gasteiger partial charge in [0.2, 0.25) is 0 Å². The van der Waals surface area contributed by atoms with Crippen LogP contribution in [0.1, 0.15) is 24.1 Å². The summed E-state index contributed by atoms with van der Waals surface area (Å²) in [5.74, 6) is -1.27. The zero-order valence-corrected chi connectivity index (χ0v) is 23.5. The zero-order chi connectivity index (χ0) is 30.2. The Balaban J connectivity index is 1.78. The quantitative estimate of drug-likeness (QED) is 0.234. The molecule has 0 aliphatic carbocycles. The zero-order valence-electron chi connectivity index (χ0n) is 21.9. The first-order chi connectivity index (χ1) is 20.0. The highest BCUT2D eigenvalue weighted by Crippen LogP contribution is 2.38. The third-order valence-corrected chi connectivity index (χ3v) is 7.88. The van der Waals surface area contributed by atoms with E-state index in [4.69, 9.17) is 21.1 Å². The van der Waals surface area contributed by atoms with E-state index >= 15 is 0 Å². The normalized spacial score (nSPS) is 17.6. The molecule has 2 aromatic carbocycles. The summed E-state index contributed by atoms with van der Waals surface area (Å²) in [4.78, 5) is 43.2. The van der Waals surface area contributed by atoms with Gasteiger partial charge in [0, 0.05) is 41.5 Å². The van der Waals surface area contributed by atoms with Crippen LogP contribution in [0.3, 0.4) is 0 Å². The van der Waals surface area contributed by atoms with E-state index in [0.717, 1.165) is 4.57 Å². The van der Waals surface area contributed by atoms with Crippen molar-refractivity contribution in [3.05, 3.63) is 99.7 Å². The maximum atomic E-state index is 14.3. The SMILES string of the molecule is CCOC(=O)C1=C(C(F)(F)F)N=c2s/c(=C\c3cc([N+](=O)[O-])ccc3N3CCOCC3)c(=O)n2[C@@H]1c1ccc(Cl)cc1. The summed E-state index contributed by atoms with van der Waals surface area (Å²) in [5, 5.41) is 11.8. The molecule has 0 saturated carbocycles. The van der Waals surface area contributed by atoms with Crippen molar-refractivity contribution >= 4 is 46.4 Å². The molecule has 2 aliphatic heterocycles. The molecule has 1 fully saturated rings. The van der Waals surface area contributed by atoms with Gasteiger partial charge in [-0.05, 0) is 36.8 Å². The number of fused-ring (bicyclic) bond motifs is 1. The summed E-state index contributed by atoms with van der Waals surface area (Å²) in [7, 11) is 0. The summed E-state index contributed by atoms with van der Waals surface area (Å²) >= 11 is 6.68. The van der Waals surface area contributed by atoms with E-state index in [-0.39, 0.29) is 27.2 Å². The first-order valence-electron chi connectivity index (χ1n) is 12.7. The van der Waals surface area contributed by atoms with Gasteiger partial charge in [-0.3, -0.25) is 19.5 Å². The second-order valence-electron chi connectivity index (χ2n) is 9.21. The molecule has 3 aromatic rings. The smallest absolute Gasteiger partial charge is 0.434 e. The highest BCUT2D eigenvalue weighted by Gasteiger charge is 2.45. The van der Waals surface area contributed by atoms with Crippen LogP contribution < -0.4 is 19.8 Å². The number of nitro groups is 1. The number of non-ortho nitro benzene ring substituents is 1. The van der Waals surface area contributed by atoms with E-state index < -0.39 is 39.9 Å². The van der Waals surface area contributed by atoms with Gasteiger partial charge in [-0.15, -0.1) is 0 Å². The first kappa shape index (κ1) is 29.5. The van der Waals surface area contributed by atoms with E-state index in [1.165, 1.54) is 49.4 Å². The molecule has 1 atom stereocenters. The van der Waals surface area contributed by atoms with Crippen LogP contribution in [0.25, 0.3) is 6.08 Å². The van der Waals surface area contributed by atoms with Gasteiger partial charge >= 0.3 is 12.1 Å². The summed E-state index contributed by atoms with van der Waals surface area (Å²) in [6.07, 6.45) is -3.66. The Hall–Kier alpha value is -4.01. The maximum Gasteiger partial charge on any atom is 0.434 e. The number of hydrogen-bond acceptors (Lipinski definition) is 9. The van der Waals surface area contributed by atoms with Gasteiger partial charge in [0.1, 0.15) is 0 Å². The third-order valence-electron chi connectivity index (χ3n) is 6.64. The minimum absolute atomic E-state index is 0.0330. The van der Waals surface area contributed by atoms with E-state index in [2.05, 4.69) is 4.99 Å². The van der Waals surface area contributed by atoms with Crippen molar-refractivity contribution in [2.75, 3.05) is 37.8 Å². The fourth-order valence-electron chi connectivity index (χ4n) is 4.81. The molecular weight excluding hydrogens is 601 g/mol. The maximum absolute atomic E-state index is 14.3. The summed E-state index contributed by atoms with van der Waals surface area (Å²) in [6, 6.07) is 8.36. The van der Waals surface area contributed by atoms with Gasteiger partial charge in [0.05, 0.1) is 40.9 Å². The Morgan fingerprint density at radius 3 is 2.55 bits per heavy atom. The van der Waals surface area contributed by atoms with Crippen LogP contribution >= 0.6 is 22.9 Å². The molecule has 2 aliphatic rings. The van der Waals surface area contributed by atoms with Crippen LogP contribution in [0, 0.1) is 10.1 Å². The number of esters is 1. The van der Waals surface area contributed by atoms with E-state index in [1.807, 2.05) is 4.90 Å². The minimum atomic E-state index is -5.05. The van der Waals surface area contributed by atoms with Crippen LogP contribution in [-0.2, 0) is 14.3 Å². The molecule has 1 aromatic heterocycles. The van der Waals surface area contributed by atoms with Gasteiger partial charge in [0.25, 0.3) is 11.2 Å². The Kier molecular flexibility index (Phi) is 8.21. The number of halogens is 4. The molecule has 15 heteroatoms. The molecule has 220 valence electrons. The number of benzene rings is 2. The van der Waals surface area contributed by atoms with Crippen LogP contribution in [0.15, 0.2) is 63.5 Å². The molecule has 0 radical (unpaired) electrons. The number of alkyl halides is 3. The monoisotopic (exact) mass is 622 g/mol. The molecule has 1 saturated heterocycles. The second-order valence-corrected chi connectivity index (χ2v) is 10.7. The molecule has 5 rings (SSSR count). The minimum Gasteiger partial charge on any atom is -0.463 e. The first-order valence-corrected chi connectivity index (χ1v) is 13.9. The lowest BCUT2D eigenvalue weighted by molar-refractivity contribution is -0.384. The lowest BCUT2D eigenvalue weighted by Gasteiger charge is -2.30. The molecule has 3 heterocycles. The molecule has 10 nitrogen and oxygen atoms in total. The average molecular weight is 623 g/mol. The van der Waals surface area contributed by atoms with Crippen molar-refractivity contribution in [3.63, 3.8) is 0 Å². The van der Waals surface area contributed by atoms with Crippen molar-refractivity contribution in [2.45, 2.75) is 19.1 Å². The van der Waals surface area contributed by atoms with Crippen LogP contribution in [0.2, 0.25) is 5.02 Å². The van der Waals surface area contributed by atoms with Crippen molar-refractivity contribution in [1.29, 1.82) is 0 Å². The predicted molar refractivity (Wildman–Crippen MR) is 148 cm³/mol. The number of aromatic nitrogens is 1. The molecule has 0 bridgehead atoms. The Morgan fingerprint density at radius 2 is 1.93 bits per heavy atom. The molecular formula is C27H22ClF3N4O6S. The fraction of sp³-hybridized carbons (Fsp3) is 0.296. The molecule has 0 spiro atoms. The van der Waals surface area contributed by atoms with Gasteiger partial charge < -0.3 is 14.4 Å². The highest BCUT2D eigenvalue weighted by atomic mass is 35.5. The number of morpholine rings is 1. The number of allylic oxidation sites excluding steroid dienone is 1. The number of hydrogen-bond donors (Lipinski definition) is 0. The number of thiazole rings is 1. The van der Waals surface area contributed by atoms with Gasteiger partial charge in [-0.1, -0.05) is 35.1 Å². The fourth-order valence-corrected chi connectivity index (χ4v) is 5.92. The van der Waals surface area contributed by atoms with Crippen molar-refractivity contribution in [1.82, 2.24) is 4.57 Å². The molecule has 0 unspecified atom stereocenters. The van der Waals surface area contributed by atoms with Crippen molar-refractivity contribution < 1.29 is 32.4 Å². The third kappa shape index (κ3) is 5.69. The van der Waals surface area contributed by atoms with Crippen LogP contribution in [-0.4, -0.2) is 54.5 Å².